The summed E-state index contributed by atoms with van der Waals surface area (Å²) in [6.45, 7) is 0.628. The Morgan fingerprint density at radius 2 is 1.45 bits per heavy atom. The van der Waals surface area contributed by atoms with Gasteiger partial charge in [-0.05, 0) is 6.92 Å². The van der Waals surface area contributed by atoms with Crippen molar-refractivity contribution in [2.45, 2.75) is 31.3 Å². The van der Waals surface area contributed by atoms with E-state index in [0.717, 1.165) is 0 Å². The maximum atomic E-state index is 8.94. The first-order valence-electron chi connectivity index (χ1n) is 3.33. The molecule has 0 amide bonds. The number of hydrogen-bond acceptors (Lipinski definition) is 5. The van der Waals surface area contributed by atoms with Crippen LogP contribution in [0.5, 0.6) is 0 Å². The SMILES string of the molecule is C[C@H](O)[C@@H](O)[C@H](O)[C@@H](O)CO. The molecule has 0 aromatic heterocycles. The van der Waals surface area contributed by atoms with Crippen LogP contribution in [0.3, 0.4) is 0 Å². The van der Waals surface area contributed by atoms with Gasteiger partial charge in [0.05, 0.1) is 12.7 Å². The van der Waals surface area contributed by atoms with Gasteiger partial charge in [-0.25, -0.2) is 0 Å². The molecule has 0 spiro atoms. The zero-order valence-electron chi connectivity index (χ0n) is 6.25. The zero-order chi connectivity index (χ0) is 9.02. The third-order valence-corrected chi connectivity index (χ3v) is 1.43. The van der Waals surface area contributed by atoms with Gasteiger partial charge in [0, 0.05) is 0 Å². The fourth-order valence-electron chi connectivity index (χ4n) is 0.621. The molecule has 0 heterocycles. The summed E-state index contributed by atoms with van der Waals surface area (Å²) in [6, 6.07) is 0. The standard InChI is InChI=1S/C6H14O5/c1-3(8)5(10)6(11)4(9)2-7/h3-11H,2H2,1H3/t3-,4-,5+,6+/m0/s1. The quantitative estimate of drug-likeness (QED) is 0.316. The van der Waals surface area contributed by atoms with Gasteiger partial charge < -0.3 is 25.5 Å². The molecule has 0 unspecified atom stereocenters. The Kier molecular flexibility index (Phi) is 4.55. The van der Waals surface area contributed by atoms with E-state index in [9.17, 15) is 0 Å². The van der Waals surface area contributed by atoms with Crippen molar-refractivity contribution < 1.29 is 25.5 Å². The number of aliphatic hydroxyl groups excluding tert-OH is 5. The average Bonchev–Trinajstić information content (AvgIpc) is 2.00. The van der Waals surface area contributed by atoms with Crippen LogP contribution in [0.4, 0.5) is 0 Å². The Morgan fingerprint density at radius 3 is 1.73 bits per heavy atom. The third kappa shape index (κ3) is 3.13. The fraction of sp³-hybridized carbons (Fsp3) is 1.00. The van der Waals surface area contributed by atoms with Crippen LogP contribution in [0.25, 0.3) is 0 Å². The van der Waals surface area contributed by atoms with E-state index in [0.29, 0.717) is 0 Å². The third-order valence-electron chi connectivity index (χ3n) is 1.43. The molecule has 0 rings (SSSR count). The Labute approximate surface area is 64.5 Å². The highest BCUT2D eigenvalue weighted by atomic mass is 16.4. The van der Waals surface area contributed by atoms with Gasteiger partial charge in [-0.2, -0.15) is 0 Å². The first-order chi connectivity index (χ1) is 5.00. The molecule has 5 heteroatoms. The number of rotatable bonds is 4. The van der Waals surface area contributed by atoms with Crippen LogP contribution in [0.1, 0.15) is 6.92 Å². The van der Waals surface area contributed by atoms with Gasteiger partial charge in [-0.1, -0.05) is 0 Å². The van der Waals surface area contributed by atoms with Crippen molar-refractivity contribution in [3.8, 4) is 0 Å². The molecule has 0 aliphatic heterocycles. The summed E-state index contributed by atoms with van der Waals surface area (Å²) in [5, 5.41) is 43.7. The van der Waals surface area contributed by atoms with Gasteiger partial charge in [0.1, 0.15) is 18.3 Å². The average molecular weight is 166 g/mol. The molecule has 0 radical (unpaired) electrons. The summed E-state index contributed by atoms with van der Waals surface area (Å²) >= 11 is 0. The van der Waals surface area contributed by atoms with Crippen LogP contribution in [-0.4, -0.2) is 56.6 Å². The minimum Gasteiger partial charge on any atom is -0.394 e. The molecule has 0 bridgehead atoms. The van der Waals surface area contributed by atoms with Gasteiger partial charge in [0.15, 0.2) is 0 Å². The second kappa shape index (κ2) is 4.63. The van der Waals surface area contributed by atoms with Gasteiger partial charge in [0.2, 0.25) is 0 Å². The van der Waals surface area contributed by atoms with E-state index in [2.05, 4.69) is 0 Å². The molecule has 0 saturated carbocycles. The highest BCUT2D eigenvalue weighted by molar-refractivity contribution is 4.77. The lowest BCUT2D eigenvalue weighted by Gasteiger charge is -2.23. The Bertz CT molecular complexity index is 105. The molecule has 68 valence electrons. The number of hydrogen-bond donors (Lipinski definition) is 5. The normalized spacial score (nSPS) is 22.4. The Morgan fingerprint density at radius 1 is 1.00 bits per heavy atom. The molecule has 0 aliphatic rings. The van der Waals surface area contributed by atoms with Crippen molar-refractivity contribution >= 4 is 0 Å². The van der Waals surface area contributed by atoms with Crippen molar-refractivity contribution in [1.29, 1.82) is 0 Å². The number of aliphatic hydroxyl groups is 5. The van der Waals surface area contributed by atoms with Gasteiger partial charge in [0.25, 0.3) is 0 Å². The van der Waals surface area contributed by atoms with E-state index in [1.54, 1.807) is 0 Å². The van der Waals surface area contributed by atoms with Crippen molar-refractivity contribution in [2.24, 2.45) is 0 Å². The van der Waals surface area contributed by atoms with Gasteiger partial charge in [-0.3, -0.25) is 0 Å². The molecular formula is C6H14O5. The smallest absolute Gasteiger partial charge is 0.110 e. The van der Waals surface area contributed by atoms with E-state index in [4.69, 9.17) is 25.5 Å². The lowest BCUT2D eigenvalue weighted by atomic mass is 10.1. The summed E-state index contributed by atoms with van der Waals surface area (Å²) in [6.07, 6.45) is -5.50. The minimum absolute atomic E-state index is 0.648. The van der Waals surface area contributed by atoms with Crippen LogP contribution < -0.4 is 0 Å². The summed E-state index contributed by atoms with van der Waals surface area (Å²) in [5.41, 5.74) is 0. The lowest BCUT2D eigenvalue weighted by molar-refractivity contribution is -0.110. The van der Waals surface area contributed by atoms with E-state index in [1.165, 1.54) is 6.92 Å². The first kappa shape index (κ1) is 10.8. The first-order valence-corrected chi connectivity index (χ1v) is 3.33. The molecule has 4 atom stereocenters. The van der Waals surface area contributed by atoms with Crippen molar-refractivity contribution in [2.75, 3.05) is 6.61 Å². The molecular weight excluding hydrogens is 152 g/mol. The van der Waals surface area contributed by atoms with Gasteiger partial charge in [-0.15, -0.1) is 0 Å². The second-order valence-electron chi connectivity index (χ2n) is 2.47. The highest BCUT2D eigenvalue weighted by Gasteiger charge is 2.27. The zero-order valence-corrected chi connectivity index (χ0v) is 6.25. The van der Waals surface area contributed by atoms with Crippen molar-refractivity contribution in [1.82, 2.24) is 0 Å². The topological polar surface area (TPSA) is 101 Å². The van der Waals surface area contributed by atoms with Crippen molar-refractivity contribution in [3.63, 3.8) is 0 Å². The molecule has 5 nitrogen and oxygen atoms in total. The maximum absolute atomic E-state index is 8.94. The monoisotopic (exact) mass is 166 g/mol. The molecule has 11 heavy (non-hydrogen) atoms. The predicted octanol–water partition coefficient (Wildman–Crippen LogP) is -2.56. The lowest BCUT2D eigenvalue weighted by Crippen LogP contribution is -2.44. The van der Waals surface area contributed by atoms with E-state index >= 15 is 0 Å². The van der Waals surface area contributed by atoms with Crippen LogP contribution in [0.2, 0.25) is 0 Å². The van der Waals surface area contributed by atoms with Crippen molar-refractivity contribution in [3.05, 3.63) is 0 Å². The van der Waals surface area contributed by atoms with Crippen LogP contribution in [-0.2, 0) is 0 Å². The van der Waals surface area contributed by atoms with Crippen LogP contribution >= 0.6 is 0 Å². The second-order valence-corrected chi connectivity index (χ2v) is 2.47. The van der Waals surface area contributed by atoms with E-state index in [-0.39, 0.29) is 0 Å². The molecule has 0 aliphatic carbocycles. The fourth-order valence-corrected chi connectivity index (χ4v) is 0.621. The molecule has 0 aromatic carbocycles. The van der Waals surface area contributed by atoms with Crippen LogP contribution in [0.15, 0.2) is 0 Å². The molecule has 0 aromatic rings. The molecule has 0 saturated heterocycles. The Hall–Kier alpha value is -0.200. The maximum Gasteiger partial charge on any atom is 0.110 e. The van der Waals surface area contributed by atoms with Crippen LogP contribution in [0, 0.1) is 0 Å². The molecule has 0 fully saturated rings. The summed E-state index contributed by atoms with van der Waals surface area (Å²) in [5.74, 6) is 0. The summed E-state index contributed by atoms with van der Waals surface area (Å²) < 4.78 is 0. The minimum atomic E-state index is -1.51. The van der Waals surface area contributed by atoms with Gasteiger partial charge >= 0.3 is 0 Å². The highest BCUT2D eigenvalue weighted by Crippen LogP contribution is 2.03. The summed E-state index contributed by atoms with van der Waals surface area (Å²) in [7, 11) is 0. The Balaban J connectivity index is 3.90. The largest absolute Gasteiger partial charge is 0.394 e. The predicted molar refractivity (Wildman–Crippen MR) is 36.8 cm³/mol. The van der Waals surface area contributed by atoms with E-state index in [1.807, 2.05) is 0 Å². The van der Waals surface area contributed by atoms with E-state index < -0.39 is 31.0 Å². The summed E-state index contributed by atoms with van der Waals surface area (Å²) in [4.78, 5) is 0. The molecule has 5 N–H and O–H groups in total.